The van der Waals surface area contributed by atoms with E-state index in [0.717, 1.165) is 11.1 Å². The Hall–Kier alpha value is -2.03. The van der Waals surface area contributed by atoms with Crippen molar-refractivity contribution in [1.29, 1.82) is 0 Å². The Morgan fingerprint density at radius 1 is 0.875 bits per heavy atom. The van der Waals surface area contributed by atoms with Gasteiger partial charge in [-0.1, -0.05) is 36.4 Å². The first-order valence-corrected chi connectivity index (χ1v) is 5.02. The molecular weight excluding hydrogens is 203 g/mol. The molecule has 2 rings (SSSR count). The predicted molar refractivity (Wildman–Crippen MR) is 65.5 cm³/mol. The van der Waals surface area contributed by atoms with Crippen LogP contribution in [0.5, 0.6) is 0 Å². The van der Waals surface area contributed by atoms with E-state index < -0.39 is 6.67 Å². The third-order valence-electron chi connectivity index (χ3n) is 2.59. The van der Waals surface area contributed by atoms with E-state index in [9.17, 15) is 4.39 Å². The van der Waals surface area contributed by atoms with Crippen LogP contribution >= 0.6 is 0 Å². The van der Waals surface area contributed by atoms with Crippen LogP contribution in [0.25, 0.3) is 11.1 Å². The number of halogens is 1. The van der Waals surface area contributed by atoms with E-state index >= 15 is 0 Å². The van der Waals surface area contributed by atoms with Crippen molar-refractivity contribution >= 4 is 11.4 Å². The van der Waals surface area contributed by atoms with E-state index in [-0.39, 0.29) is 0 Å². The van der Waals surface area contributed by atoms with Crippen LogP contribution in [0.4, 0.5) is 15.8 Å². The average Bonchev–Trinajstić information content (AvgIpc) is 2.31. The van der Waals surface area contributed by atoms with Gasteiger partial charge < -0.3 is 11.5 Å². The molecule has 0 aliphatic carbocycles. The highest BCUT2D eigenvalue weighted by molar-refractivity contribution is 5.85. The van der Waals surface area contributed by atoms with Crippen molar-refractivity contribution in [3.8, 4) is 11.1 Å². The molecular formula is C13H13FN2. The fraction of sp³-hybridized carbons (Fsp3) is 0.0769. The number of nitrogens with two attached hydrogens (primary N) is 2. The lowest BCUT2D eigenvalue weighted by atomic mass is 9.99. The van der Waals surface area contributed by atoms with E-state index in [1.54, 1.807) is 18.2 Å². The van der Waals surface area contributed by atoms with Crippen molar-refractivity contribution < 1.29 is 4.39 Å². The van der Waals surface area contributed by atoms with Gasteiger partial charge in [0.05, 0.1) is 0 Å². The Labute approximate surface area is 93.7 Å². The highest BCUT2D eigenvalue weighted by Crippen LogP contribution is 2.32. The number of hydrogen-bond donors (Lipinski definition) is 2. The van der Waals surface area contributed by atoms with Crippen molar-refractivity contribution in [2.24, 2.45) is 0 Å². The minimum Gasteiger partial charge on any atom is -0.398 e. The maximum atomic E-state index is 12.7. The first-order chi connectivity index (χ1) is 7.74. The summed E-state index contributed by atoms with van der Waals surface area (Å²) in [4.78, 5) is 0. The van der Waals surface area contributed by atoms with Crippen LogP contribution in [0.2, 0.25) is 0 Å². The maximum Gasteiger partial charge on any atom is 0.117 e. The summed E-state index contributed by atoms with van der Waals surface area (Å²) in [5.74, 6) is 0. The molecule has 16 heavy (non-hydrogen) atoms. The summed E-state index contributed by atoms with van der Waals surface area (Å²) in [5, 5.41) is 0. The molecule has 0 heterocycles. The van der Waals surface area contributed by atoms with E-state index in [4.69, 9.17) is 11.5 Å². The van der Waals surface area contributed by atoms with Crippen molar-refractivity contribution in [2.45, 2.75) is 6.67 Å². The molecule has 0 fully saturated rings. The van der Waals surface area contributed by atoms with Gasteiger partial charge in [0, 0.05) is 28.1 Å². The molecule has 0 spiro atoms. The SMILES string of the molecule is Nc1ccccc1-c1cccc(CF)c1N. The van der Waals surface area contributed by atoms with Gasteiger partial charge in [0.25, 0.3) is 0 Å². The van der Waals surface area contributed by atoms with Gasteiger partial charge in [-0.2, -0.15) is 0 Å². The molecule has 0 aliphatic rings. The number of hydrogen-bond acceptors (Lipinski definition) is 2. The maximum absolute atomic E-state index is 12.7. The molecule has 0 bridgehead atoms. The molecule has 2 aromatic carbocycles. The van der Waals surface area contributed by atoms with Crippen LogP contribution in [0.15, 0.2) is 42.5 Å². The molecule has 0 saturated heterocycles. The highest BCUT2D eigenvalue weighted by Gasteiger charge is 2.08. The first kappa shape index (κ1) is 10.5. The summed E-state index contributed by atoms with van der Waals surface area (Å²) < 4.78 is 12.7. The highest BCUT2D eigenvalue weighted by atomic mass is 19.1. The Kier molecular flexibility index (Phi) is 2.77. The second-order valence-corrected chi connectivity index (χ2v) is 3.60. The summed E-state index contributed by atoms with van der Waals surface area (Å²) in [5.41, 5.74) is 15.0. The van der Waals surface area contributed by atoms with Gasteiger partial charge in [0.1, 0.15) is 6.67 Å². The second kappa shape index (κ2) is 4.23. The summed E-state index contributed by atoms with van der Waals surface area (Å²) in [6, 6.07) is 12.7. The number of alkyl halides is 1. The zero-order chi connectivity index (χ0) is 11.5. The lowest BCUT2D eigenvalue weighted by Gasteiger charge is -2.10. The van der Waals surface area contributed by atoms with Crippen molar-refractivity contribution in [2.75, 3.05) is 11.5 Å². The van der Waals surface area contributed by atoms with E-state index in [1.165, 1.54) is 0 Å². The fourth-order valence-electron chi connectivity index (χ4n) is 1.71. The third kappa shape index (κ3) is 1.72. The number of anilines is 2. The van der Waals surface area contributed by atoms with Gasteiger partial charge in [-0.25, -0.2) is 4.39 Å². The summed E-state index contributed by atoms with van der Waals surface area (Å²) in [6.45, 7) is -0.563. The fourth-order valence-corrected chi connectivity index (χ4v) is 1.71. The molecule has 0 amide bonds. The first-order valence-electron chi connectivity index (χ1n) is 5.02. The zero-order valence-electron chi connectivity index (χ0n) is 8.78. The van der Waals surface area contributed by atoms with Gasteiger partial charge in [-0.3, -0.25) is 0 Å². The van der Waals surface area contributed by atoms with Crippen LogP contribution in [0, 0.1) is 0 Å². The molecule has 3 heteroatoms. The topological polar surface area (TPSA) is 52.0 Å². The van der Waals surface area contributed by atoms with Crippen molar-refractivity contribution in [3.05, 3.63) is 48.0 Å². The predicted octanol–water partition coefficient (Wildman–Crippen LogP) is 2.99. The van der Waals surface area contributed by atoms with Crippen LogP contribution < -0.4 is 11.5 Å². The number of para-hydroxylation sites is 2. The molecule has 0 aromatic heterocycles. The lowest BCUT2D eigenvalue weighted by Crippen LogP contribution is -1.97. The normalized spacial score (nSPS) is 10.3. The smallest absolute Gasteiger partial charge is 0.117 e. The molecule has 2 aromatic rings. The Morgan fingerprint density at radius 2 is 1.56 bits per heavy atom. The third-order valence-corrected chi connectivity index (χ3v) is 2.59. The number of benzene rings is 2. The molecule has 4 N–H and O–H groups in total. The Morgan fingerprint density at radius 3 is 2.25 bits per heavy atom. The summed E-state index contributed by atoms with van der Waals surface area (Å²) in [6.07, 6.45) is 0. The standard InChI is InChI=1S/C13H13FN2/c14-8-9-4-3-6-11(13(9)16)10-5-1-2-7-12(10)15/h1-7H,8,15-16H2. The summed E-state index contributed by atoms with van der Waals surface area (Å²) in [7, 11) is 0. The van der Waals surface area contributed by atoms with E-state index in [2.05, 4.69) is 0 Å². The minimum absolute atomic E-state index is 0.461. The van der Waals surface area contributed by atoms with E-state index in [0.29, 0.717) is 16.9 Å². The zero-order valence-corrected chi connectivity index (χ0v) is 8.78. The van der Waals surface area contributed by atoms with Gasteiger partial charge in [-0.15, -0.1) is 0 Å². The second-order valence-electron chi connectivity index (χ2n) is 3.60. The number of rotatable bonds is 2. The van der Waals surface area contributed by atoms with Gasteiger partial charge in [0.15, 0.2) is 0 Å². The largest absolute Gasteiger partial charge is 0.398 e. The summed E-state index contributed by atoms with van der Waals surface area (Å²) >= 11 is 0. The van der Waals surface area contributed by atoms with Gasteiger partial charge in [0.2, 0.25) is 0 Å². The minimum atomic E-state index is -0.563. The van der Waals surface area contributed by atoms with Crippen LogP contribution in [0.3, 0.4) is 0 Å². The lowest BCUT2D eigenvalue weighted by molar-refractivity contribution is 0.486. The monoisotopic (exact) mass is 216 g/mol. The Balaban J connectivity index is 2.61. The Bertz CT molecular complexity index is 509. The van der Waals surface area contributed by atoms with Crippen LogP contribution in [-0.2, 0) is 6.67 Å². The molecule has 82 valence electrons. The van der Waals surface area contributed by atoms with Gasteiger partial charge >= 0.3 is 0 Å². The molecule has 0 unspecified atom stereocenters. The van der Waals surface area contributed by atoms with Crippen molar-refractivity contribution in [1.82, 2.24) is 0 Å². The molecule has 0 saturated carbocycles. The number of nitrogen functional groups attached to an aromatic ring is 2. The molecule has 2 nitrogen and oxygen atoms in total. The van der Waals surface area contributed by atoms with Gasteiger partial charge in [-0.05, 0) is 6.07 Å². The van der Waals surface area contributed by atoms with E-state index in [1.807, 2.05) is 24.3 Å². The van der Waals surface area contributed by atoms with Crippen molar-refractivity contribution in [3.63, 3.8) is 0 Å². The molecule has 0 atom stereocenters. The molecule has 0 radical (unpaired) electrons. The quantitative estimate of drug-likeness (QED) is 0.758. The average molecular weight is 216 g/mol. The van der Waals surface area contributed by atoms with Crippen LogP contribution in [0.1, 0.15) is 5.56 Å². The van der Waals surface area contributed by atoms with Crippen LogP contribution in [-0.4, -0.2) is 0 Å². The molecule has 0 aliphatic heterocycles.